The maximum atomic E-state index is 12.7. The minimum absolute atomic E-state index is 0.108. The molecule has 0 aliphatic carbocycles. The number of nitrogens with two attached hydrogens (primary N) is 1. The SMILES string of the molecule is N=C(N)c1cccc(NC(C(=O)NCC(=O)NCCC(c2ccccc2)c2ccccc2)C(O)CO)c1. The third-order valence-electron chi connectivity index (χ3n) is 5.93. The average molecular weight is 504 g/mol. The van der Waals surface area contributed by atoms with E-state index in [-0.39, 0.29) is 24.2 Å². The first-order valence-electron chi connectivity index (χ1n) is 12.0. The Balaban J connectivity index is 1.55. The Morgan fingerprint density at radius 3 is 2.08 bits per heavy atom. The van der Waals surface area contributed by atoms with Crippen molar-refractivity contribution in [3.05, 3.63) is 102 Å². The zero-order valence-corrected chi connectivity index (χ0v) is 20.4. The van der Waals surface area contributed by atoms with Crippen LogP contribution in [0.4, 0.5) is 5.69 Å². The van der Waals surface area contributed by atoms with Gasteiger partial charge in [-0.15, -0.1) is 0 Å². The van der Waals surface area contributed by atoms with Crippen molar-refractivity contribution in [2.24, 2.45) is 5.73 Å². The van der Waals surface area contributed by atoms with Crippen molar-refractivity contribution in [2.45, 2.75) is 24.5 Å². The van der Waals surface area contributed by atoms with Crippen LogP contribution in [0.5, 0.6) is 0 Å². The van der Waals surface area contributed by atoms with E-state index in [1.807, 2.05) is 36.4 Å². The van der Waals surface area contributed by atoms with Gasteiger partial charge < -0.3 is 31.9 Å². The van der Waals surface area contributed by atoms with E-state index in [2.05, 4.69) is 40.2 Å². The molecule has 9 heteroatoms. The summed E-state index contributed by atoms with van der Waals surface area (Å²) in [4.78, 5) is 25.2. The molecule has 3 aromatic rings. The van der Waals surface area contributed by atoms with E-state index in [4.69, 9.17) is 11.1 Å². The highest BCUT2D eigenvalue weighted by atomic mass is 16.3. The molecule has 0 aliphatic heterocycles. The number of hydrogen-bond acceptors (Lipinski definition) is 6. The lowest BCUT2D eigenvalue weighted by molar-refractivity contribution is -0.128. The lowest BCUT2D eigenvalue weighted by Crippen LogP contribution is -2.50. The largest absolute Gasteiger partial charge is 0.394 e. The number of benzene rings is 3. The number of hydrogen-bond donors (Lipinski definition) is 7. The van der Waals surface area contributed by atoms with Crippen LogP contribution in [0.1, 0.15) is 29.0 Å². The first kappa shape index (κ1) is 27.4. The fraction of sp³-hybridized carbons (Fsp3) is 0.250. The molecule has 0 heterocycles. The van der Waals surface area contributed by atoms with E-state index in [0.29, 0.717) is 24.2 Å². The average Bonchev–Trinajstić information content (AvgIpc) is 2.93. The minimum Gasteiger partial charge on any atom is -0.394 e. The molecule has 2 atom stereocenters. The third-order valence-corrected chi connectivity index (χ3v) is 5.93. The Bertz CT molecular complexity index is 1130. The van der Waals surface area contributed by atoms with Crippen LogP contribution in [0.15, 0.2) is 84.9 Å². The molecule has 8 N–H and O–H groups in total. The molecule has 0 saturated carbocycles. The van der Waals surface area contributed by atoms with E-state index < -0.39 is 24.7 Å². The van der Waals surface area contributed by atoms with E-state index in [0.717, 1.165) is 11.1 Å². The van der Waals surface area contributed by atoms with Gasteiger partial charge in [-0.05, 0) is 29.7 Å². The van der Waals surface area contributed by atoms with Crippen molar-refractivity contribution < 1.29 is 19.8 Å². The van der Waals surface area contributed by atoms with Crippen LogP contribution in [0.2, 0.25) is 0 Å². The quantitative estimate of drug-likeness (QED) is 0.138. The van der Waals surface area contributed by atoms with Gasteiger partial charge in [-0.2, -0.15) is 0 Å². The van der Waals surface area contributed by atoms with Gasteiger partial charge in [0.25, 0.3) is 0 Å². The number of amidine groups is 1. The summed E-state index contributed by atoms with van der Waals surface area (Å²) in [6.07, 6.45) is -0.741. The number of carbonyl (C=O) groups excluding carboxylic acids is 2. The molecule has 0 saturated heterocycles. The number of amides is 2. The fourth-order valence-corrected chi connectivity index (χ4v) is 3.99. The van der Waals surface area contributed by atoms with Crippen molar-refractivity contribution >= 4 is 23.3 Å². The maximum absolute atomic E-state index is 12.7. The second kappa shape index (κ2) is 13.8. The van der Waals surface area contributed by atoms with E-state index >= 15 is 0 Å². The van der Waals surface area contributed by atoms with Crippen molar-refractivity contribution in [2.75, 3.05) is 25.0 Å². The van der Waals surface area contributed by atoms with Crippen LogP contribution in [0, 0.1) is 5.41 Å². The fourth-order valence-electron chi connectivity index (χ4n) is 3.99. The van der Waals surface area contributed by atoms with Crippen molar-refractivity contribution in [1.82, 2.24) is 10.6 Å². The summed E-state index contributed by atoms with van der Waals surface area (Å²) in [5.74, 6) is -1.07. The van der Waals surface area contributed by atoms with Gasteiger partial charge in [0.15, 0.2) is 0 Å². The summed E-state index contributed by atoms with van der Waals surface area (Å²) in [7, 11) is 0. The Labute approximate surface area is 216 Å². The molecular weight excluding hydrogens is 470 g/mol. The zero-order chi connectivity index (χ0) is 26.6. The Hall–Kier alpha value is -4.21. The first-order valence-corrected chi connectivity index (χ1v) is 12.0. The number of nitrogens with one attached hydrogen (secondary N) is 4. The summed E-state index contributed by atoms with van der Waals surface area (Å²) >= 11 is 0. The number of carbonyl (C=O) groups is 2. The third kappa shape index (κ3) is 8.16. The van der Waals surface area contributed by atoms with E-state index in [1.54, 1.807) is 24.3 Å². The van der Waals surface area contributed by atoms with Gasteiger partial charge >= 0.3 is 0 Å². The van der Waals surface area contributed by atoms with Crippen molar-refractivity contribution in [1.29, 1.82) is 5.41 Å². The van der Waals surface area contributed by atoms with E-state index in [1.165, 1.54) is 0 Å². The maximum Gasteiger partial charge on any atom is 0.245 e. The van der Waals surface area contributed by atoms with Gasteiger partial charge in [-0.3, -0.25) is 15.0 Å². The summed E-state index contributed by atoms with van der Waals surface area (Å²) in [5.41, 5.74) is 8.67. The predicted molar refractivity (Wildman–Crippen MR) is 143 cm³/mol. The molecule has 0 spiro atoms. The summed E-state index contributed by atoms with van der Waals surface area (Å²) in [6.45, 7) is -0.546. The molecule has 9 nitrogen and oxygen atoms in total. The van der Waals surface area contributed by atoms with Gasteiger partial charge in [0.2, 0.25) is 11.8 Å². The van der Waals surface area contributed by atoms with Crippen LogP contribution in [0.25, 0.3) is 0 Å². The molecule has 0 aromatic heterocycles. The zero-order valence-electron chi connectivity index (χ0n) is 20.4. The Morgan fingerprint density at radius 2 is 1.51 bits per heavy atom. The lowest BCUT2D eigenvalue weighted by atomic mass is 9.88. The molecular formula is C28H33N5O4. The van der Waals surface area contributed by atoms with E-state index in [9.17, 15) is 19.8 Å². The molecule has 0 aliphatic rings. The lowest BCUT2D eigenvalue weighted by Gasteiger charge is -2.23. The first-order chi connectivity index (χ1) is 17.9. The van der Waals surface area contributed by atoms with Crippen molar-refractivity contribution in [3.8, 4) is 0 Å². The van der Waals surface area contributed by atoms with Crippen LogP contribution in [-0.4, -0.2) is 59.7 Å². The van der Waals surface area contributed by atoms with Crippen LogP contribution in [0.3, 0.4) is 0 Å². The van der Waals surface area contributed by atoms with Crippen LogP contribution in [-0.2, 0) is 9.59 Å². The van der Waals surface area contributed by atoms with Crippen LogP contribution >= 0.6 is 0 Å². The highest BCUT2D eigenvalue weighted by Gasteiger charge is 2.27. The second-order valence-electron chi connectivity index (χ2n) is 8.60. The number of anilines is 1. The smallest absolute Gasteiger partial charge is 0.245 e. The van der Waals surface area contributed by atoms with Gasteiger partial charge in [0.1, 0.15) is 18.0 Å². The Kier molecular flexibility index (Phi) is 10.2. The van der Waals surface area contributed by atoms with Gasteiger partial charge in [0.05, 0.1) is 13.2 Å². The second-order valence-corrected chi connectivity index (χ2v) is 8.60. The number of nitrogen functional groups attached to an aromatic ring is 1. The van der Waals surface area contributed by atoms with Gasteiger partial charge in [0, 0.05) is 23.7 Å². The highest BCUT2D eigenvalue weighted by Crippen LogP contribution is 2.27. The minimum atomic E-state index is -1.42. The molecule has 3 aromatic carbocycles. The standard InChI is InChI=1S/C28H33N5O4/c29-27(30)21-12-7-13-22(16-21)33-26(24(35)18-34)28(37)32-17-25(36)31-15-14-23(19-8-3-1-4-9-19)20-10-5-2-6-11-20/h1-13,16,23-24,26,33-35H,14-15,17-18H2,(H3,29,30)(H,31,36)(H,32,37). The summed E-state index contributed by atoms with van der Waals surface area (Å²) in [6, 6.07) is 25.4. The highest BCUT2D eigenvalue weighted by molar-refractivity contribution is 5.96. The number of rotatable bonds is 13. The monoisotopic (exact) mass is 503 g/mol. The molecule has 0 bridgehead atoms. The molecule has 2 unspecified atom stereocenters. The molecule has 0 radical (unpaired) electrons. The molecule has 37 heavy (non-hydrogen) atoms. The molecule has 194 valence electrons. The number of aliphatic hydroxyl groups is 2. The van der Waals surface area contributed by atoms with Crippen molar-refractivity contribution in [3.63, 3.8) is 0 Å². The Morgan fingerprint density at radius 1 is 0.892 bits per heavy atom. The summed E-state index contributed by atoms with van der Waals surface area (Å²) in [5, 5.41) is 35.3. The summed E-state index contributed by atoms with van der Waals surface area (Å²) < 4.78 is 0. The van der Waals surface area contributed by atoms with Gasteiger partial charge in [-0.25, -0.2) is 0 Å². The normalized spacial score (nSPS) is 12.4. The number of aliphatic hydroxyl groups excluding tert-OH is 2. The molecule has 0 fully saturated rings. The van der Waals surface area contributed by atoms with Crippen LogP contribution < -0.4 is 21.7 Å². The topological polar surface area (TPSA) is 161 Å². The predicted octanol–water partition coefficient (Wildman–Crippen LogP) is 1.56. The van der Waals surface area contributed by atoms with Gasteiger partial charge in [-0.1, -0.05) is 72.8 Å². The molecule has 3 rings (SSSR count). The molecule has 2 amide bonds.